The predicted octanol–water partition coefficient (Wildman–Crippen LogP) is 1.22. The zero-order chi connectivity index (χ0) is 17.0. The highest BCUT2D eigenvalue weighted by molar-refractivity contribution is 7.87. The lowest BCUT2D eigenvalue weighted by Crippen LogP contribution is -2.49. The average Bonchev–Trinajstić information content (AvgIpc) is 2.54. The van der Waals surface area contributed by atoms with Gasteiger partial charge in [-0.2, -0.15) is 17.4 Å². The minimum atomic E-state index is -3.49. The Morgan fingerprint density at radius 1 is 1.35 bits per heavy atom. The molecule has 1 heterocycles. The molecule has 1 fully saturated rings. The Bertz CT molecular complexity index is 658. The van der Waals surface area contributed by atoms with Crippen molar-refractivity contribution in [2.24, 2.45) is 0 Å². The van der Waals surface area contributed by atoms with Gasteiger partial charge >= 0.3 is 0 Å². The van der Waals surface area contributed by atoms with Crippen LogP contribution >= 0.6 is 0 Å². The molecule has 0 unspecified atom stereocenters. The molecule has 1 aliphatic rings. The maximum atomic E-state index is 13.7. The third-order valence-corrected chi connectivity index (χ3v) is 5.77. The molecule has 1 aromatic rings. The van der Waals surface area contributed by atoms with Gasteiger partial charge < -0.3 is 4.90 Å². The third kappa shape index (κ3) is 4.27. The van der Waals surface area contributed by atoms with E-state index in [9.17, 15) is 17.6 Å². The fraction of sp³-hybridized carbons (Fsp3) is 0.533. The van der Waals surface area contributed by atoms with Gasteiger partial charge in [-0.3, -0.25) is 4.79 Å². The number of hydrogen-bond donors (Lipinski definition) is 1. The van der Waals surface area contributed by atoms with Crippen molar-refractivity contribution in [2.75, 3.05) is 26.7 Å². The standard InChI is InChI=1S/C15H22FN3O3S/c1-3-18(2)23(21,22)17-12-8-10-19(11-9-12)15(20)13-6-4-5-7-14(13)16/h4-7,12,17H,3,8-11H2,1-2H3. The number of amides is 1. The van der Waals surface area contributed by atoms with Crippen LogP contribution in [0.2, 0.25) is 0 Å². The smallest absolute Gasteiger partial charge is 0.279 e. The molecule has 1 amide bonds. The van der Waals surface area contributed by atoms with Crippen LogP contribution in [-0.4, -0.2) is 56.3 Å². The van der Waals surface area contributed by atoms with E-state index in [1.54, 1.807) is 17.9 Å². The Kier molecular flexibility index (Phi) is 5.72. The van der Waals surface area contributed by atoms with Crippen LogP contribution in [0.5, 0.6) is 0 Å². The highest BCUT2D eigenvalue weighted by Crippen LogP contribution is 2.16. The van der Waals surface area contributed by atoms with Gasteiger partial charge in [-0.25, -0.2) is 4.39 Å². The van der Waals surface area contributed by atoms with Crippen LogP contribution in [0.3, 0.4) is 0 Å². The second kappa shape index (κ2) is 7.37. The van der Waals surface area contributed by atoms with E-state index < -0.39 is 16.0 Å². The van der Waals surface area contributed by atoms with Crippen molar-refractivity contribution in [3.05, 3.63) is 35.6 Å². The van der Waals surface area contributed by atoms with Crippen LogP contribution < -0.4 is 4.72 Å². The summed E-state index contributed by atoms with van der Waals surface area (Å²) < 4.78 is 41.6. The van der Waals surface area contributed by atoms with Crippen molar-refractivity contribution in [1.29, 1.82) is 0 Å². The summed E-state index contributed by atoms with van der Waals surface area (Å²) in [6.45, 7) is 2.95. The molecule has 0 atom stereocenters. The molecule has 0 radical (unpaired) electrons. The lowest BCUT2D eigenvalue weighted by molar-refractivity contribution is 0.0706. The van der Waals surface area contributed by atoms with Gasteiger partial charge in [0.15, 0.2) is 0 Å². The maximum Gasteiger partial charge on any atom is 0.279 e. The SMILES string of the molecule is CCN(C)S(=O)(=O)NC1CCN(C(=O)c2ccccc2F)CC1. The number of nitrogens with zero attached hydrogens (tertiary/aromatic N) is 2. The Morgan fingerprint density at radius 3 is 2.52 bits per heavy atom. The van der Waals surface area contributed by atoms with Crippen molar-refractivity contribution in [3.63, 3.8) is 0 Å². The molecule has 0 aliphatic carbocycles. The number of halogens is 1. The van der Waals surface area contributed by atoms with E-state index >= 15 is 0 Å². The first-order valence-electron chi connectivity index (χ1n) is 7.62. The zero-order valence-electron chi connectivity index (χ0n) is 13.3. The molecule has 1 N–H and O–H groups in total. The number of hydrogen-bond acceptors (Lipinski definition) is 3. The molecule has 0 bridgehead atoms. The summed E-state index contributed by atoms with van der Waals surface area (Å²) in [6.07, 6.45) is 1.02. The molecule has 0 saturated carbocycles. The molecular formula is C15H22FN3O3S. The molecule has 23 heavy (non-hydrogen) atoms. The molecule has 128 valence electrons. The first kappa shape index (κ1) is 17.8. The van der Waals surface area contributed by atoms with Gasteiger partial charge in [0.05, 0.1) is 5.56 Å². The van der Waals surface area contributed by atoms with E-state index in [-0.39, 0.29) is 17.5 Å². The molecule has 1 aromatic carbocycles. The van der Waals surface area contributed by atoms with Crippen LogP contribution in [0.25, 0.3) is 0 Å². The largest absolute Gasteiger partial charge is 0.338 e. The summed E-state index contributed by atoms with van der Waals surface area (Å²) in [5.74, 6) is -0.889. The Morgan fingerprint density at radius 2 is 1.96 bits per heavy atom. The van der Waals surface area contributed by atoms with Crippen LogP contribution in [0.1, 0.15) is 30.1 Å². The van der Waals surface area contributed by atoms with Crippen molar-refractivity contribution < 1.29 is 17.6 Å². The van der Waals surface area contributed by atoms with Gasteiger partial charge in [-0.15, -0.1) is 0 Å². The van der Waals surface area contributed by atoms with Crippen molar-refractivity contribution in [1.82, 2.24) is 13.9 Å². The van der Waals surface area contributed by atoms with E-state index in [1.807, 2.05) is 0 Å². The van der Waals surface area contributed by atoms with Gasteiger partial charge in [0.2, 0.25) is 0 Å². The molecular weight excluding hydrogens is 321 g/mol. The number of rotatable bonds is 5. The fourth-order valence-corrected chi connectivity index (χ4v) is 3.65. The summed E-state index contributed by atoms with van der Waals surface area (Å²) >= 11 is 0. The summed E-state index contributed by atoms with van der Waals surface area (Å²) in [6, 6.07) is 5.67. The molecule has 2 rings (SSSR count). The number of nitrogens with one attached hydrogen (secondary N) is 1. The second-order valence-electron chi connectivity index (χ2n) is 5.58. The number of benzene rings is 1. The topological polar surface area (TPSA) is 69.7 Å². The monoisotopic (exact) mass is 343 g/mol. The van der Waals surface area contributed by atoms with Gasteiger partial charge in [0, 0.05) is 32.7 Å². The van der Waals surface area contributed by atoms with Crippen LogP contribution in [0.4, 0.5) is 4.39 Å². The van der Waals surface area contributed by atoms with Gasteiger partial charge in [-0.1, -0.05) is 19.1 Å². The van der Waals surface area contributed by atoms with Crippen molar-refractivity contribution in [3.8, 4) is 0 Å². The average molecular weight is 343 g/mol. The van der Waals surface area contributed by atoms with E-state index in [4.69, 9.17) is 0 Å². The number of likely N-dealkylation sites (tertiary alicyclic amines) is 1. The Balaban J connectivity index is 1.94. The Labute approximate surface area is 136 Å². The van der Waals surface area contributed by atoms with Crippen LogP contribution in [0.15, 0.2) is 24.3 Å². The van der Waals surface area contributed by atoms with Gasteiger partial charge in [0.25, 0.3) is 16.1 Å². The number of piperidine rings is 1. The fourth-order valence-electron chi connectivity index (χ4n) is 2.48. The first-order chi connectivity index (χ1) is 10.8. The summed E-state index contributed by atoms with van der Waals surface area (Å²) in [5.41, 5.74) is 0.0530. The molecule has 1 saturated heterocycles. The van der Waals surface area contributed by atoms with E-state index in [1.165, 1.54) is 29.6 Å². The Hall–Kier alpha value is -1.51. The third-order valence-electron chi connectivity index (χ3n) is 4.06. The first-order valence-corrected chi connectivity index (χ1v) is 9.06. The predicted molar refractivity (Wildman–Crippen MR) is 85.7 cm³/mol. The van der Waals surface area contributed by atoms with E-state index in [0.717, 1.165) is 0 Å². The molecule has 0 aromatic heterocycles. The minimum Gasteiger partial charge on any atom is -0.338 e. The number of carbonyl (C=O) groups is 1. The molecule has 1 aliphatic heterocycles. The summed E-state index contributed by atoms with van der Waals surface area (Å²) in [5, 5.41) is 0. The van der Waals surface area contributed by atoms with Crippen molar-refractivity contribution >= 4 is 16.1 Å². The summed E-state index contributed by atoms with van der Waals surface area (Å²) in [4.78, 5) is 13.9. The highest BCUT2D eigenvalue weighted by atomic mass is 32.2. The van der Waals surface area contributed by atoms with Crippen molar-refractivity contribution in [2.45, 2.75) is 25.8 Å². The van der Waals surface area contributed by atoms with Crippen LogP contribution in [0, 0.1) is 5.82 Å². The normalized spacial score (nSPS) is 16.8. The van der Waals surface area contributed by atoms with Crippen LogP contribution in [-0.2, 0) is 10.2 Å². The zero-order valence-corrected chi connectivity index (χ0v) is 14.1. The highest BCUT2D eigenvalue weighted by Gasteiger charge is 2.28. The minimum absolute atomic E-state index is 0.0530. The lowest BCUT2D eigenvalue weighted by atomic mass is 10.0. The number of carbonyl (C=O) groups excluding carboxylic acids is 1. The lowest BCUT2D eigenvalue weighted by Gasteiger charge is -2.33. The quantitative estimate of drug-likeness (QED) is 0.874. The summed E-state index contributed by atoms with van der Waals surface area (Å²) in [7, 11) is -1.97. The molecule has 0 spiro atoms. The van der Waals surface area contributed by atoms with E-state index in [0.29, 0.717) is 32.5 Å². The van der Waals surface area contributed by atoms with Gasteiger partial charge in [-0.05, 0) is 25.0 Å². The van der Waals surface area contributed by atoms with E-state index in [2.05, 4.69) is 4.72 Å². The molecule has 6 nitrogen and oxygen atoms in total. The van der Waals surface area contributed by atoms with Gasteiger partial charge in [0.1, 0.15) is 5.82 Å². The second-order valence-corrected chi connectivity index (χ2v) is 7.39. The maximum absolute atomic E-state index is 13.7. The molecule has 8 heteroatoms.